The molecule has 19 heavy (non-hydrogen) atoms. The molecule has 0 aliphatic heterocycles. The minimum absolute atomic E-state index is 0.229. The van der Waals surface area contributed by atoms with Gasteiger partial charge in [0.2, 0.25) is 5.91 Å². The van der Waals surface area contributed by atoms with Gasteiger partial charge in [-0.25, -0.2) is 0 Å². The lowest BCUT2D eigenvalue weighted by molar-refractivity contribution is -0.121. The molecule has 0 radical (unpaired) electrons. The van der Waals surface area contributed by atoms with Crippen molar-refractivity contribution in [2.24, 2.45) is 17.8 Å². The highest BCUT2D eigenvalue weighted by atomic mass is 16.1. The van der Waals surface area contributed by atoms with Crippen LogP contribution < -0.4 is 10.6 Å². The number of amides is 1. The maximum Gasteiger partial charge on any atom is 0.221 e. The summed E-state index contributed by atoms with van der Waals surface area (Å²) >= 11 is 0. The van der Waals surface area contributed by atoms with Crippen molar-refractivity contribution in [2.45, 2.75) is 51.0 Å². The predicted octanol–water partition coefficient (Wildman–Crippen LogP) is 2.24. The van der Waals surface area contributed by atoms with Gasteiger partial charge in [0, 0.05) is 19.0 Å². The van der Waals surface area contributed by atoms with E-state index in [0.717, 1.165) is 30.8 Å². The standard InChI is InChI=1S/C16H26N2O/c19-16(18-15-3-1-2-4-15)7-8-17-11-14-10-12-5-6-13(14)9-12/h5-6,12-15,17H,1-4,7-11H2,(H,18,19)/t12-,13-,14-/m0/s1. The second-order valence-corrected chi connectivity index (χ2v) is 6.54. The molecule has 0 aromatic heterocycles. The van der Waals surface area contributed by atoms with Gasteiger partial charge in [-0.15, -0.1) is 0 Å². The summed E-state index contributed by atoms with van der Waals surface area (Å²) in [6.07, 6.45) is 13.0. The van der Waals surface area contributed by atoms with E-state index >= 15 is 0 Å². The van der Waals surface area contributed by atoms with Crippen molar-refractivity contribution in [2.75, 3.05) is 13.1 Å². The maximum absolute atomic E-state index is 11.8. The quantitative estimate of drug-likeness (QED) is 0.569. The first kappa shape index (κ1) is 13.2. The Hall–Kier alpha value is -0.830. The molecular formula is C16H26N2O. The number of carbonyl (C=O) groups is 1. The summed E-state index contributed by atoms with van der Waals surface area (Å²) in [5.74, 6) is 2.70. The average Bonchev–Trinajstić information content (AvgIpc) is 3.11. The molecule has 106 valence electrons. The molecule has 2 saturated carbocycles. The molecule has 3 rings (SSSR count). The van der Waals surface area contributed by atoms with Crippen LogP contribution in [0.3, 0.4) is 0 Å². The molecule has 3 nitrogen and oxygen atoms in total. The minimum atomic E-state index is 0.229. The molecule has 2 N–H and O–H groups in total. The lowest BCUT2D eigenvalue weighted by Crippen LogP contribution is -2.35. The molecule has 0 heterocycles. The zero-order chi connectivity index (χ0) is 13.1. The van der Waals surface area contributed by atoms with Crippen molar-refractivity contribution in [3.05, 3.63) is 12.2 Å². The molecular weight excluding hydrogens is 236 g/mol. The van der Waals surface area contributed by atoms with Gasteiger partial charge in [-0.05, 0) is 50.0 Å². The van der Waals surface area contributed by atoms with Gasteiger partial charge in [0.05, 0.1) is 0 Å². The summed E-state index contributed by atoms with van der Waals surface area (Å²) in [6.45, 7) is 1.92. The maximum atomic E-state index is 11.8. The third-order valence-corrected chi connectivity index (χ3v) is 5.07. The molecule has 3 aliphatic carbocycles. The van der Waals surface area contributed by atoms with Crippen LogP contribution in [0.5, 0.6) is 0 Å². The third-order valence-electron chi connectivity index (χ3n) is 5.07. The topological polar surface area (TPSA) is 41.1 Å². The van der Waals surface area contributed by atoms with Crippen molar-refractivity contribution < 1.29 is 4.79 Å². The molecule has 0 aromatic carbocycles. The summed E-state index contributed by atoms with van der Waals surface area (Å²) in [5.41, 5.74) is 0. The predicted molar refractivity (Wildman–Crippen MR) is 76.7 cm³/mol. The average molecular weight is 262 g/mol. The fourth-order valence-corrected chi connectivity index (χ4v) is 3.99. The number of hydrogen-bond donors (Lipinski definition) is 2. The molecule has 3 atom stereocenters. The molecule has 0 unspecified atom stereocenters. The summed E-state index contributed by atoms with van der Waals surface area (Å²) in [5, 5.41) is 6.62. The van der Waals surface area contributed by atoms with Gasteiger partial charge >= 0.3 is 0 Å². The molecule has 3 aliphatic rings. The van der Waals surface area contributed by atoms with Crippen LogP contribution in [0, 0.1) is 17.8 Å². The van der Waals surface area contributed by atoms with Gasteiger partial charge in [-0.2, -0.15) is 0 Å². The summed E-state index contributed by atoms with van der Waals surface area (Å²) in [7, 11) is 0. The normalized spacial score (nSPS) is 33.2. The molecule has 2 fully saturated rings. The van der Waals surface area contributed by atoms with Crippen LogP contribution >= 0.6 is 0 Å². The van der Waals surface area contributed by atoms with E-state index in [1.165, 1.54) is 38.5 Å². The molecule has 1 amide bonds. The molecule has 0 spiro atoms. The van der Waals surface area contributed by atoms with Crippen molar-refractivity contribution in [3.63, 3.8) is 0 Å². The first-order chi connectivity index (χ1) is 9.31. The van der Waals surface area contributed by atoms with E-state index < -0.39 is 0 Å². The monoisotopic (exact) mass is 262 g/mol. The fraction of sp³-hybridized carbons (Fsp3) is 0.812. The molecule has 0 saturated heterocycles. The van der Waals surface area contributed by atoms with Gasteiger partial charge in [-0.1, -0.05) is 25.0 Å². The number of fused-ring (bicyclic) bond motifs is 2. The molecule has 3 heteroatoms. The summed E-state index contributed by atoms with van der Waals surface area (Å²) < 4.78 is 0. The third kappa shape index (κ3) is 3.38. The van der Waals surface area contributed by atoms with E-state index in [2.05, 4.69) is 22.8 Å². The Labute approximate surface area is 116 Å². The summed E-state index contributed by atoms with van der Waals surface area (Å²) in [6, 6.07) is 0.461. The van der Waals surface area contributed by atoms with Crippen LogP contribution in [0.15, 0.2) is 12.2 Å². The first-order valence-corrected chi connectivity index (χ1v) is 7.99. The Morgan fingerprint density at radius 1 is 1.16 bits per heavy atom. The lowest BCUT2D eigenvalue weighted by atomic mass is 9.94. The van der Waals surface area contributed by atoms with Gasteiger partial charge in [-0.3, -0.25) is 4.79 Å². The van der Waals surface area contributed by atoms with E-state index in [-0.39, 0.29) is 5.91 Å². The fourth-order valence-electron chi connectivity index (χ4n) is 3.99. The number of rotatable bonds is 6. The van der Waals surface area contributed by atoms with E-state index in [1.807, 2.05) is 0 Å². The highest BCUT2D eigenvalue weighted by molar-refractivity contribution is 5.76. The highest BCUT2D eigenvalue weighted by Gasteiger charge is 2.34. The van der Waals surface area contributed by atoms with Gasteiger partial charge in [0.25, 0.3) is 0 Å². The zero-order valence-electron chi connectivity index (χ0n) is 11.7. The van der Waals surface area contributed by atoms with Crippen LogP contribution in [-0.4, -0.2) is 25.0 Å². The lowest BCUT2D eigenvalue weighted by Gasteiger charge is -2.18. The molecule has 2 bridgehead atoms. The number of allylic oxidation sites excluding steroid dienone is 2. The van der Waals surface area contributed by atoms with E-state index in [0.29, 0.717) is 12.5 Å². The smallest absolute Gasteiger partial charge is 0.221 e. The van der Waals surface area contributed by atoms with Crippen LogP contribution in [0.25, 0.3) is 0 Å². The highest BCUT2D eigenvalue weighted by Crippen LogP contribution is 2.42. The SMILES string of the molecule is O=C(CCNC[C@@H]1C[C@H]2C=C[C@H]1C2)NC1CCCC1. The summed E-state index contributed by atoms with van der Waals surface area (Å²) in [4.78, 5) is 11.8. The van der Waals surface area contributed by atoms with Gasteiger partial charge in [0.15, 0.2) is 0 Å². The van der Waals surface area contributed by atoms with Gasteiger partial charge < -0.3 is 10.6 Å². The second kappa shape index (κ2) is 6.08. The van der Waals surface area contributed by atoms with Crippen molar-refractivity contribution >= 4 is 5.91 Å². The van der Waals surface area contributed by atoms with E-state index in [9.17, 15) is 4.79 Å². The number of carbonyl (C=O) groups excluding carboxylic acids is 1. The van der Waals surface area contributed by atoms with Crippen LogP contribution in [0.2, 0.25) is 0 Å². The number of nitrogens with one attached hydrogen (secondary N) is 2. The Bertz CT molecular complexity index is 347. The second-order valence-electron chi connectivity index (χ2n) is 6.54. The Morgan fingerprint density at radius 3 is 2.68 bits per heavy atom. The first-order valence-electron chi connectivity index (χ1n) is 7.99. The van der Waals surface area contributed by atoms with Crippen molar-refractivity contribution in [3.8, 4) is 0 Å². The van der Waals surface area contributed by atoms with Crippen molar-refractivity contribution in [1.29, 1.82) is 0 Å². The minimum Gasteiger partial charge on any atom is -0.353 e. The Morgan fingerprint density at radius 2 is 2.00 bits per heavy atom. The van der Waals surface area contributed by atoms with Crippen molar-refractivity contribution in [1.82, 2.24) is 10.6 Å². The largest absolute Gasteiger partial charge is 0.353 e. The Kier molecular flexibility index (Phi) is 4.21. The zero-order valence-corrected chi connectivity index (χ0v) is 11.7. The molecule has 0 aromatic rings. The number of hydrogen-bond acceptors (Lipinski definition) is 2. The van der Waals surface area contributed by atoms with Gasteiger partial charge in [0.1, 0.15) is 0 Å². The van der Waals surface area contributed by atoms with E-state index in [1.54, 1.807) is 0 Å². The van der Waals surface area contributed by atoms with Crippen LogP contribution in [0.4, 0.5) is 0 Å². The Balaban J connectivity index is 1.26. The van der Waals surface area contributed by atoms with E-state index in [4.69, 9.17) is 0 Å². The van der Waals surface area contributed by atoms with Crippen LogP contribution in [0.1, 0.15) is 44.9 Å². The van der Waals surface area contributed by atoms with Crippen LogP contribution in [-0.2, 0) is 4.79 Å².